The fourth-order valence-corrected chi connectivity index (χ4v) is 2.74. The van der Waals surface area contributed by atoms with Crippen LogP contribution in [0, 0.1) is 0 Å². The number of hydrogen-bond donors (Lipinski definition) is 0. The molecule has 0 aliphatic carbocycles. The summed E-state index contributed by atoms with van der Waals surface area (Å²) >= 11 is 0. The van der Waals surface area contributed by atoms with E-state index in [0.29, 0.717) is 0 Å². The van der Waals surface area contributed by atoms with Crippen molar-refractivity contribution in [3.63, 3.8) is 0 Å². The van der Waals surface area contributed by atoms with Crippen molar-refractivity contribution in [1.82, 2.24) is 0 Å². The normalized spacial score (nSPS) is 16.5. The minimum atomic E-state index is -0.848. The van der Waals surface area contributed by atoms with Crippen LogP contribution < -0.4 is 0 Å². The molecule has 2 aromatic carbocycles. The summed E-state index contributed by atoms with van der Waals surface area (Å²) in [6.45, 7) is 4.20. The highest BCUT2D eigenvalue weighted by Gasteiger charge is 2.45. The first kappa shape index (κ1) is 13.7. The zero-order valence-electron chi connectivity index (χ0n) is 12.5. The van der Waals surface area contributed by atoms with Gasteiger partial charge in [0.1, 0.15) is 11.5 Å². The summed E-state index contributed by atoms with van der Waals surface area (Å²) in [6.07, 6.45) is 1.68. The number of allylic oxidation sites excluding steroid dienone is 2. The Bertz CT molecular complexity index is 572. The van der Waals surface area contributed by atoms with Gasteiger partial charge in [0.05, 0.1) is 0 Å². The highest BCUT2D eigenvalue weighted by atomic mass is 16.7. The van der Waals surface area contributed by atoms with Crippen LogP contribution in [0.15, 0.2) is 72.2 Å². The topological polar surface area (TPSA) is 18.5 Å². The van der Waals surface area contributed by atoms with Crippen molar-refractivity contribution < 1.29 is 9.47 Å². The lowest BCUT2D eigenvalue weighted by atomic mass is 9.97. The average Bonchev–Trinajstić information content (AvgIpc) is 2.97. The van der Waals surface area contributed by atoms with Gasteiger partial charge < -0.3 is 9.47 Å². The first-order chi connectivity index (χ1) is 10.3. The fraction of sp³-hybridized carbons (Fsp3) is 0.263. The quantitative estimate of drug-likeness (QED) is 0.787. The molecule has 0 amide bonds. The number of hydrogen-bond acceptors (Lipinski definition) is 2. The predicted octanol–water partition coefficient (Wildman–Crippen LogP) is 4.97. The van der Waals surface area contributed by atoms with Gasteiger partial charge >= 0.3 is 5.79 Å². The van der Waals surface area contributed by atoms with Crippen molar-refractivity contribution in [1.29, 1.82) is 0 Å². The largest absolute Gasteiger partial charge is 0.445 e. The van der Waals surface area contributed by atoms with Crippen molar-refractivity contribution in [2.75, 3.05) is 0 Å². The molecule has 0 fully saturated rings. The second-order valence-corrected chi connectivity index (χ2v) is 5.11. The lowest BCUT2D eigenvalue weighted by Gasteiger charge is -2.30. The molecule has 2 nitrogen and oxygen atoms in total. The molecular weight excluding hydrogens is 260 g/mol. The van der Waals surface area contributed by atoms with E-state index in [1.54, 1.807) is 0 Å². The Kier molecular flexibility index (Phi) is 3.70. The maximum absolute atomic E-state index is 6.33. The Morgan fingerprint density at radius 2 is 1.05 bits per heavy atom. The Hall–Kier alpha value is -2.22. The molecule has 0 N–H and O–H groups in total. The van der Waals surface area contributed by atoms with Crippen LogP contribution >= 0.6 is 0 Å². The van der Waals surface area contributed by atoms with Crippen LogP contribution in [0.2, 0.25) is 0 Å². The summed E-state index contributed by atoms with van der Waals surface area (Å²) in [7, 11) is 0. The standard InChI is InChI=1S/C19H20O2/c1-3-17-18(4-2)21-19(20-17,15-11-7-5-8-12-15)16-13-9-6-10-14-16/h5-14H,3-4H2,1-2H3. The van der Waals surface area contributed by atoms with Gasteiger partial charge in [0.2, 0.25) is 0 Å². The van der Waals surface area contributed by atoms with Gasteiger partial charge in [0.15, 0.2) is 0 Å². The van der Waals surface area contributed by atoms with E-state index in [1.165, 1.54) is 0 Å². The molecule has 0 unspecified atom stereocenters. The van der Waals surface area contributed by atoms with Crippen LogP contribution in [0.1, 0.15) is 37.8 Å². The molecule has 0 atom stereocenters. The molecule has 0 spiro atoms. The minimum absolute atomic E-state index is 0.838. The minimum Gasteiger partial charge on any atom is -0.445 e. The highest BCUT2D eigenvalue weighted by Crippen LogP contribution is 2.45. The third-order valence-electron chi connectivity index (χ3n) is 3.79. The number of benzene rings is 2. The first-order valence-electron chi connectivity index (χ1n) is 7.51. The lowest BCUT2D eigenvalue weighted by molar-refractivity contribution is -0.128. The van der Waals surface area contributed by atoms with Gasteiger partial charge in [-0.1, -0.05) is 74.5 Å². The van der Waals surface area contributed by atoms with Crippen molar-refractivity contribution in [3.8, 4) is 0 Å². The highest BCUT2D eigenvalue weighted by molar-refractivity contribution is 5.36. The molecule has 0 bridgehead atoms. The molecule has 2 heteroatoms. The van der Waals surface area contributed by atoms with E-state index in [-0.39, 0.29) is 0 Å². The smallest absolute Gasteiger partial charge is 0.304 e. The van der Waals surface area contributed by atoms with E-state index in [9.17, 15) is 0 Å². The zero-order chi connectivity index (χ0) is 14.7. The Morgan fingerprint density at radius 1 is 0.667 bits per heavy atom. The Labute approximate surface area is 126 Å². The van der Waals surface area contributed by atoms with Crippen molar-refractivity contribution in [2.45, 2.75) is 32.5 Å². The SMILES string of the molecule is CCC1=C(CC)OC(c2ccccc2)(c2ccccc2)O1. The van der Waals surface area contributed by atoms with Gasteiger partial charge in [0, 0.05) is 24.0 Å². The molecule has 1 aliphatic heterocycles. The van der Waals surface area contributed by atoms with E-state index in [1.807, 2.05) is 36.4 Å². The molecule has 2 aromatic rings. The monoisotopic (exact) mass is 280 g/mol. The Balaban J connectivity index is 2.11. The van der Waals surface area contributed by atoms with Crippen LogP contribution in [0.4, 0.5) is 0 Å². The number of rotatable bonds is 4. The fourth-order valence-electron chi connectivity index (χ4n) is 2.74. The maximum atomic E-state index is 6.33. The van der Waals surface area contributed by atoms with Crippen LogP contribution in [0.3, 0.4) is 0 Å². The van der Waals surface area contributed by atoms with E-state index in [0.717, 1.165) is 35.5 Å². The molecule has 108 valence electrons. The van der Waals surface area contributed by atoms with Gasteiger partial charge in [0.25, 0.3) is 0 Å². The van der Waals surface area contributed by atoms with Crippen molar-refractivity contribution in [3.05, 3.63) is 83.3 Å². The summed E-state index contributed by atoms with van der Waals surface area (Å²) in [4.78, 5) is 0. The van der Waals surface area contributed by atoms with Crippen LogP contribution in [0.5, 0.6) is 0 Å². The summed E-state index contributed by atoms with van der Waals surface area (Å²) in [5.74, 6) is 1.05. The van der Waals surface area contributed by atoms with Gasteiger partial charge in [-0.15, -0.1) is 0 Å². The second kappa shape index (κ2) is 5.65. The van der Waals surface area contributed by atoms with Crippen molar-refractivity contribution in [2.24, 2.45) is 0 Å². The third-order valence-corrected chi connectivity index (χ3v) is 3.79. The Morgan fingerprint density at radius 3 is 1.38 bits per heavy atom. The molecule has 3 rings (SSSR count). The lowest BCUT2D eigenvalue weighted by Crippen LogP contribution is -2.29. The molecule has 0 saturated carbocycles. The van der Waals surface area contributed by atoms with Crippen molar-refractivity contribution >= 4 is 0 Å². The van der Waals surface area contributed by atoms with E-state index in [4.69, 9.17) is 9.47 Å². The van der Waals surface area contributed by atoms with Gasteiger partial charge in [-0.2, -0.15) is 0 Å². The third kappa shape index (κ3) is 2.31. The van der Waals surface area contributed by atoms with Gasteiger partial charge in [-0.3, -0.25) is 0 Å². The first-order valence-corrected chi connectivity index (χ1v) is 7.51. The molecule has 1 heterocycles. The molecule has 1 aliphatic rings. The summed E-state index contributed by atoms with van der Waals surface area (Å²) < 4.78 is 12.7. The average molecular weight is 280 g/mol. The summed E-state index contributed by atoms with van der Waals surface area (Å²) in [5, 5.41) is 0. The van der Waals surface area contributed by atoms with E-state index < -0.39 is 5.79 Å². The molecule has 21 heavy (non-hydrogen) atoms. The van der Waals surface area contributed by atoms with E-state index in [2.05, 4.69) is 38.1 Å². The molecular formula is C19H20O2. The zero-order valence-corrected chi connectivity index (χ0v) is 12.5. The van der Waals surface area contributed by atoms with Crippen LogP contribution in [0.25, 0.3) is 0 Å². The van der Waals surface area contributed by atoms with Gasteiger partial charge in [-0.05, 0) is 0 Å². The second-order valence-electron chi connectivity index (χ2n) is 5.11. The summed E-state index contributed by atoms with van der Waals surface area (Å²) in [6, 6.07) is 20.3. The van der Waals surface area contributed by atoms with Crippen LogP contribution in [-0.2, 0) is 15.3 Å². The maximum Gasteiger partial charge on any atom is 0.304 e. The van der Waals surface area contributed by atoms with Gasteiger partial charge in [-0.25, -0.2) is 0 Å². The van der Waals surface area contributed by atoms with Crippen LogP contribution in [-0.4, -0.2) is 0 Å². The molecule has 0 radical (unpaired) electrons. The number of ether oxygens (including phenoxy) is 2. The summed E-state index contributed by atoms with van der Waals surface area (Å²) in [5.41, 5.74) is 2.04. The molecule has 0 aromatic heterocycles. The van der Waals surface area contributed by atoms with E-state index >= 15 is 0 Å². The molecule has 0 saturated heterocycles. The predicted molar refractivity (Wildman–Crippen MR) is 83.4 cm³/mol.